The first kappa shape index (κ1) is 15.3. The highest BCUT2D eigenvalue weighted by Gasteiger charge is 2.16. The minimum absolute atomic E-state index is 0.0981. The minimum Gasteiger partial charge on any atom is -0.466 e. The van der Waals surface area contributed by atoms with Gasteiger partial charge in [0, 0.05) is 24.0 Å². The maximum Gasteiger partial charge on any atom is 0.307 e. The Morgan fingerprint density at radius 3 is 2.81 bits per heavy atom. The summed E-state index contributed by atoms with van der Waals surface area (Å²) in [5, 5.41) is 0.960. The standard InChI is InChI=1S/C15H18N2O3S/c1-3-20-14(18)6-7-17(2)15(19)13-9-10-8-11(16)4-5-12(10)21-13/h4-5,8-9H,3,6-7,16H2,1-2H3. The molecule has 0 fully saturated rings. The van der Waals surface area contributed by atoms with Crippen molar-refractivity contribution in [2.24, 2.45) is 0 Å². The number of nitrogens with two attached hydrogens (primary N) is 1. The van der Waals surface area contributed by atoms with E-state index in [2.05, 4.69) is 0 Å². The lowest BCUT2D eigenvalue weighted by Crippen LogP contribution is -2.28. The number of carbonyl (C=O) groups excluding carboxylic acids is 2. The van der Waals surface area contributed by atoms with Gasteiger partial charge in [0.15, 0.2) is 0 Å². The van der Waals surface area contributed by atoms with Crippen LogP contribution in [0.3, 0.4) is 0 Å². The molecule has 0 bridgehead atoms. The van der Waals surface area contributed by atoms with Gasteiger partial charge < -0.3 is 15.4 Å². The van der Waals surface area contributed by atoms with Crippen molar-refractivity contribution in [3.05, 3.63) is 29.1 Å². The Hall–Kier alpha value is -2.08. The molecule has 2 N–H and O–H groups in total. The number of esters is 1. The highest BCUT2D eigenvalue weighted by atomic mass is 32.1. The molecule has 21 heavy (non-hydrogen) atoms. The largest absolute Gasteiger partial charge is 0.466 e. The quantitative estimate of drug-likeness (QED) is 0.680. The van der Waals surface area contributed by atoms with Crippen LogP contribution < -0.4 is 5.73 Å². The van der Waals surface area contributed by atoms with Crippen LogP contribution in [0.4, 0.5) is 5.69 Å². The number of ether oxygens (including phenoxy) is 1. The summed E-state index contributed by atoms with van der Waals surface area (Å²) in [5.74, 6) is -0.389. The molecule has 2 rings (SSSR count). The number of hydrogen-bond acceptors (Lipinski definition) is 5. The van der Waals surface area contributed by atoms with Crippen LogP contribution >= 0.6 is 11.3 Å². The second-order valence-electron chi connectivity index (χ2n) is 4.69. The Labute approximate surface area is 127 Å². The van der Waals surface area contributed by atoms with Gasteiger partial charge in [-0.1, -0.05) is 0 Å². The van der Waals surface area contributed by atoms with Crippen LogP contribution in [0.5, 0.6) is 0 Å². The molecule has 0 unspecified atom stereocenters. The van der Waals surface area contributed by atoms with E-state index in [1.165, 1.54) is 16.2 Å². The Morgan fingerprint density at radius 2 is 2.10 bits per heavy atom. The van der Waals surface area contributed by atoms with Crippen LogP contribution in [-0.2, 0) is 9.53 Å². The number of rotatable bonds is 5. The SMILES string of the molecule is CCOC(=O)CCN(C)C(=O)c1cc2cc(N)ccc2s1. The molecule has 1 heterocycles. The second-order valence-corrected chi connectivity index (χ2v) is 5.77. The van der Waals surface area contributed by atoms with Crippen LogP contribution in [0.15, 0.2) is 24.3 Å². The summed E-state index contributed by atoms with van der Waals surface area (Å²) in [6.45, 7) is 2.46. The molecule has 1 aromatic carbocycles. The summed E-state index contributed by atoms with van der Waals surface area (Å²) in [5.41, 5.74) is 6.41. The second kappa shape index (κ2) is 6.58. The first-order chi connectivity index (χ1) is 10.0. The third-order valence-corrected chi connectivity index (χ3v) is 4.16. The van der Waals surface area contributed by atoms with E-state index >= 15 is 0 Å². The number of fused-ring (bicyclic) bond motifs is 1. The lowest BCUT2D eigenvalue weighted by Gasteiger charge is -2.15. The molecule has 112 valence electrons. The molecular formula is C15H18N2O3S. The summed E-state index contributed by atoms with van der Waals surface area (Å²) < 4.78 is 5.87. The van der Waals surface area contributed by atoms with E-state index in [1.807, 2.05) is 24.3 Å². The molecule has 6 heteroatoms. The predicted molar refractivity (Wildman–Crippen MR) is 84.4 cm³/mol. The van der Waals surface area contributed by atoms with Crippen LogP contribution in [0, 0.1) is 0 Å². The van der Waals surface area contributed by atoms with E-state index in [9.17, 15) is 9.59 Å². The fourth-order valence-electron chi connectivity index (χ4n) is 1.95. The lowest BCUT2D eigenvalue weighted by atomic mass is 10.2. The van der Waals surface area contributed by atoms with Gasteiger partial charge in [-0.25, -0.2) is 0 Å². The smallest absolute Gasteiger partial charge is 0.307 e. The predicted octanol–water partition coefficient (Wildman–Crippen LogP) is 2.51. The number of hydrogen-bond donors (Lipinski definition) is 1. The number of benzene rings is 1. The number of thiophene rings is 1. The Balaban J connectivity index is 2.05. The number of carbonyl (C=O) groups is 2. The van der Waals surface area contributed by atoms with E-state index in [1.54, 1.807) is 14.0 Å². The highest BCUT2D eigenvalue weighted by Crippen LogP contribution is 2.28. The fourth-order valence-corrected chi connectivity index (χ4v) is 2.99. The molecule has 5 nitrogen and oxygen atoms in total. The molecule has 0 atom stereocenters. The summed E-state index contributed by atoms with van der Waals surface area (Å²) in [7, 11) is 1.68. The van der Waals surface area contributed by atoms with Gasteiger partial charge in [-0.05, 0) is 36.6 Å². The lowest BCUT2D eigenvalue weighted by molar-refractivity contribution is -0.143. The Morgan fingerprint density at radius 1 is 1.33 bits per heavy atom. The normalized spacial score (nSPS) is 10.6. The summed E-state index contributed by atoms with van der Waals surface area (Å²) in [6.07, 6.45) is 0.202. The molecule has 0 aliphatic heterocycles. The molecule has 1 aromatic heterocycles. The number of nitrogens with zero attached hydrogens (tertiary/aromatic N) is 1. The summed E-state index contributed by atoms with van der Waals surface area (Å²) in [4.78, 5) is 25.8. The van der Waals surface area contributed by atoms with Crippen molar-refractivity contribution in [3.63, 3.8) is 0 Å². The van der Waals surface area contributed by atoms with Gasteiger partial charge in [0.25, 0.3) is 5.91 Å². The molecule has 0 aliphatic carbocycles. The average molecular weight is 306 g/mol. The minimum atomic E-state index is -0.290. The van der Waals surface area contributed by atoms with Crippen molar-refractivity contribution < 1.29 is 14.3 Å². The van der Waals surface area contributed by atoms with Gasteiger partial charge in [0.1, 0.15) is 0 Å². The zero-order chi connectivity index (χ0) is 15.4. The fraction of sp³-hybridized carbons (Fsp3) is 0.333. The van der Waals surface area contributed by atoms with Gasteiger partial charge in [0.05, 0.1) is 17.9 Å². The van der Waals surface area contributed by atoms with E-state index < -0.39 is 0 Å². The van der Waals surface area contributed by atoms with E-state index in [4.69, 9.17) is 10.5 Å². The van der Waals surface area contributed by atoms with Crippen LogP contribution in [-0.4, -0.2) is 37.0 Å². The van der Waals surface area contributed by atoms with Crippen LogP contribution in [0.25, 0.3) is 10.1 Å². The molecule has 2 aromatic rings. The topological polar surface area (TPSA) is 72.6 Å². The van der Waals surface area contributed by atoms with Gasteiger partial charge in [0.2, 0.25) is 0 Å². The van der Waals surface area contributed by atoms with Crippen molar-refractivity contribution in [2.45, 2.75) is 13.3 Å². The van der Waals surface area contributed by atoms with Crippen LogP contribution in [0.1, 0.15) is 23.0 Å². The molecule has 0 aliphatic rings. The summed E-state index contributed by atoms with van der Waals surface area (Å²) in [6, 6.07) is 7.41. The van der Waals surface area contributed by atoms with Gasteiger partial charge in [-0.2, -0.15) is 0 Å². The van der Waals surface area contributed by atoms with Crippen LogP contribution in [0.2, 0.25) is 0 Å². The number of anilines is 1. The van der Waals surface area contributed by atoms with Gasteiger partial charge in [-0.3, -0.25) is 9.59 Å². The molecule has 1 amide bonds. The van der Waals surface area contributed by atoms with E-state index in [0.29, 0.717) is 23.7 Å². The molecule has 0 saturated carbocycles. The first-order valence-corrected chi connectivity index (χ1v) is 7.53. The van der Waals surface area contributed by atoms with Gasteiger partial charge in [-0.15, -0.1) is 11.3 Å². The average Bonchev–Trinajstić information content (AvgIpc) is 2.87. The van der Waals surface area contributed by atoms with Crippen molar-refractivity contribution in [1.29, 1.82) is 0 Å². The maximum absolute atomic E-state index is 12.3. The highest BCUT2D eigenvalue weighted by molar-refractivity contribution is 7.20. The third-order valence-electron chi connectivity index (χ3n) is 3.05. The maximum atomic E-state index is 12.3. The molecule has 0 radical (unpaired) electrons. The molecular weight excluding hydrogens is 288 g/mol. The number of nitrogen functional groups attached to an aromatic ring is 1. The van der Waals surface area contributed by atoms with Crippen molar-refractivity contribution >= 4 is 39.0 Å². The van der Waals surface area contributed by atoms with Crippen molar-refractivity contribution in [2.75, 3.05) is 25.9 Å². The molecule has 0 saturated heterocycles. The zero-order valence-corrected chi connectivity index (χ0v) is 12.9. The monoisotopic (exact) mass is 306 g/mol. The summed E-state index contributed by atoms with van der Waals surface area (Å²) >= 11 is 1.42. The first-order valence-electron chi connectivity index (χ1n) is 6.71. The van der Waals surface area contributed by atoms with E-state index in [0.717, 1.165) is 10.1 Å². The Bertz CT molecular complexity index is 666. The zero-order valence-electron chi connectivity index (χ0n) is 12.1. The number of amides is 1. The molecule has 0 spiro atoms. The van der Waals surface area contributed by atoms with Crippen molar-refractivity contribution in [1.82, 2.24) is 4.90 Å². The Kier molecular flexibility index (Phi) is 4.80. The van der Waals surface area contributed by atoms with E-state index in [-0.39, 0.29) is 18.3 Å². The van der Waals surface area contributed by atoms with Crippen molar-refractivity contribution in [3.8, 4) is 0 Å². The third kappa shape index (κ3) is 3.72. The van der Waals surface area contributed by atoms with Gasteiger partial charge >= 0.3 is 5.97 Å².